The number of nitrogens with one attached hydrogen (secondary N) is 2. The molecule has 1 rings (SSSR count). The van der Waals surface area contributed by atoms with Crippen LogP contribution in [-0.4, -0.2) is 28.7 Å². The molecule has 2 amide bonds. The van der Waals surface area contributed by atoms with E-state index < -0.39 is 11.5 Å². The van der Waals surface area contributed by atoms with Gasteiger partial charge < -0.3 is 15.7 Å². The molecule has 1 aliphatic rings. The number of urea groups is 1. The molecule has 0 aromatic rings. The van der Waals surface area contributed by atoms with Gasteiger partial charge in [-0.3, -0.25) is 4.79 Å². The van der Waals surface area contributed by atoms with E-state index in [-0.39, 0.29) is 18.5 Å². The number of hydrogen-bond acceptors (Lipinski definition) is 2. The molecule has 3 N–H and O–H groups in total. The summed E-state index contributed by atoms with van der Waals surface area (Å²) >= 11 is 0. The first kappa shape index (κ1) is 16.8. The van der Waals surface area contributed by atoms with E-state index in [9.17, 15) is 9.59 Å². The summed E-state index contributed by atoms with van der Waals surface area (Å²) in [5.41, 5.74) is -0.500. The molecule has 2 atom stereocenters. The zero-order chi connectivity index (χ0) is 15.2. The Kier molecular flexibility index (Phi) is 6.30. The molecule has 1 aliphatic carbocycles. The molecule has 0 heterocycles. The molecule has 5 nitrogen and oxygen atoms in total. The Labute approximate surface area is 121 Å². The van der Waals surface area contributed by atoms with Crippen molar-refractivity contribution in [1.29, 1.82) is 0 Å². The van der Waals surface area contributed by atoms with Gasteiger partial charge in [-0.15, -0.1) is 0 Å². The number of amides is 2. The minimum atomic E-state index is -0.835. The molecule has 0 aliphatic heterocycles. The summed E-state index contributed by atoms with van der Waals surface area (Å²) in [5.74, 6) is -0.0880. The summed E-state index contributed by atoms with van der Waals surface area (Å²) in [6.45, 7) is 5.97. The van der Waals surface area contributed by atoms with E-state index in [1.807, 2.05) is 13.8 Å². The van der Waals surface area contributed by atoms with Crippen molar-refractivity contribution in [1.82, 2.24) is 10.6 Å². The normalized spacial score (nSPS) is 23.8. The number of carboxylic acids is 1. The minimum absolute atomic E-state index is 0.0637. The Bertz CT molecular complexity index is 342. The molecule has 0 radical (unpaired) electrons. The highest BCUT2D eigenvalue weighted by Crippen LogP contribution is 2.22. The van der Waals surface area contributed by atoms with Crippen LogP contribution in [0.15, 0.2) is 0 Å². The molecule has 2 unspecified atom stereocenters. The highest BCUT2D eigenvalue weighted by atomic mass is 16.4. The maximum atomic E-state index is 12.0. The van der Waals surface area contributed by atoms with Gasteiger partial charge in [0.1, 0.15) is 0 Å². The van der Waals surface area contributed by atoms with Crippen molar-refractivity contribution in [2.45, 2.75) is 77.3 Å². The van der Waals surface area contributed by atoms with Gasteiger partial charge in [-0.05, 0) is 45.4 Å². The van der Waals surface area contributed by atoms with Gasteiger partial charge in [-0.2, -0.15) is 0 Å². The van der Waals surface area contributed by atoms with E-state index in [2.05, 4.69) is 17.6 Å². The van der Waals surface area contributed by atoms with Crippen LogP contribution in [0.3, 0.4) is 0 Å². The molecule has 0 aromatic heterocycles. The Balaban J connectivity index is 2.36. The monoisotopic (exact) mass is 284 g/mol. The van der Waals surface area contributed by atoms with E-state index in [1.54, 1.807) is 0 Å². The fourth-order valence-corrected chi connectivity index (χ4v) is 2.64. The lowest BCUT2D eigenvalue weighted by Crippen LogP contribution is -2.51. The molecular formula is C15H28N2O3. The highest BCUT2D eigenvalue weighted by Gasteiger charge is 2.23. The van der Waals surface area contributed by atoms with Crippen LogP contribution in [0.1, 0.15) is 65.7 Å². The average Bonchev–Trinajstić information content (AvgIpc) is 2.51. The van der Waals surface area contributed by atoms with Gasteiger partial charge in [0.05, 0.1) is 0 Å². The van der Waals surface area contributed by atoms with Gasteiger partial charge >= 0.3 is 12.0 Å². The second-order valence-electron chi connectivity index (χ2n) is 6.69. The van der Waals surface area contributed by atoms with Crippen molar-refractivity contribution in [3.63, 3.8) is 0 Å². The fraction of sp³-hybridized carbons (Fsp3) is 0.867. The maximum Gasteiger partial charge on any atom is 0.315 e. The lowest BCUT2D eigenvalue weighted by molar-refractivity contribution is -0.137. The topological polar surface area (TPSA) is 78.4 Å². The average molecular weight is 284 g/mol. The molecule has 0 spiro atoms. The number of aliphatic carboxylic acids is 1. The van der Waals surface area contributed by atoms with Crippen LogP contribution in [0.2, 0.25) is 0 Å². The molecule has 5 heteroatoms. The number of carbonyl (C=O) groups is 2. The molecule has 1 saturated carbocycles. The summed E-state index contributed by atoms with van der Waals surface area (Å²) < 4.78 is 0. The van der Waals surface area contributed by atoms with Crippen molar-refractivity contribution in [3.8, 4) is 0 Å². The van der Waals surface area contributed by atoms with Crippen LogP contribution < -0.4 is 10.6 Å². The molecule has 1 fully saturated rings. The van der Waals surface area contributed by atoms with Gasteiger partial charge in [0.15, 0.2) is 0 Å². The van der Waals surface area contributed by atoms with Gasteiger partial charge in [-0.25, -0.2) is 4.79 Å². The standard InChI is InChI=1S/C15H28N2O3/c1-11-5-4-6-12(8-7-11)16-14(20)17-15(2,3)10-9-13(18)19/h11-12H,4-10H2,1-3H3,(H,18,19)(H2,16,17,20). The first-order valence-corrected chi connectivity index (χ1v) is 7.59. The van der Waals surface area contributed by atoms with Crippen molar-refractivity contribution < 1.29 is 14.7 Å². The molecule has 116 valence electrons. The third-order valence-electron chi connectivity index (χ3n) is 4.01. The summed E-state index contributed by atoms with van der Waals surface area (Å²) in [5, 5.41) is 14.6. The van der Waals surface area contributed by atoms with Crippen molar-refractivity contribution in [2.24, 2.45) is 5.92 Å². The number of rotatable bonds is 5. The van der Waals surface area contributed by atoms with Crippen LogP contribution in [-0.2, 0) is 4.79 Å². The zero-order valence-electron chi connectivity index (χ0n) is 12.9. The Morgan fingerprint density at radius 1 is 1.20 bits per heavy atom. The SMILES string of the molecule is CC1CCCC(NC(=O)NC(C)(C)CCC(=O)O)CC1. The van der Waals surface area contributed by atoms with Crippen LogP contribution in [0.4, 0.5) is 4.79 Å². The summed E-state index contributed by atoms with van der Waals surface area (Å²) in [7, 11) is 0. The van der Waals surface area contributed by atoms with Crippen molar-refractivity contribution in [3.05, 3.63) is 0 Å². The lowest BCUT2D eigenvalue weighted by atomic mass is 9.98. The highest BCUT2D eigenvalue weighted by molar-refractivity contribution is 5.75. The van der Waals surface area contributed by atoms with E-state index >= 15 is 0 Å². The van der Waals surface area contributed by atoms with Crippen molar-refractivity contribution >= 4 is 12.0 Å². The van der Waals surface area contributed by atoms with E-state index in [0.717, 1.165) is 31.6 Å². The van der Waals surface area contributed by atoms with E-state index in [1.165, 1.54) is 6.42 Å². The third-order valence-corrected chi connectivity index (χ3v) is 4.01. The van der Waals surface area contributed by atoms with Crippen LogP contribution in [0.25, 0.3) is 0 Å². The van der Waals surface area contributed by atoms with E-state index in [0.29, 0.717) is 6.42 Å². The summed E-state index contributed by atoms with van der Waals surface area (Å²) in [6.07, 6.45) is 6.12. The molecule has 0 bridgehead atoms. The smallest absolute Gasteiger partial charge is 0.315 e. The van der Waals surface area contributed by atoms with Gasteiger partial charge in [0.25, 0.3) is 0 Å². The molecule has 0 saturated heterocycles. The summed E-state index contributed by atoms with van der Waals surface area (Å²) in [4.78, 5) is 22.6. The van der Waals surface area contributed by atoms with Gasteiger partial charge in [-0.1, -0.05) is 19.8 Å². The van der Waals surface area contributed by atoms with Crippen LogP contribution >= 0.6 is 0 Å². The Morgan fingerprint density at radius 2 is 1.90 bits per heavy atom. The first-order valence-electron chi connectivity index (χ1n) is 7.59. The zero-order valence-corrected chi connectivity index (χ0v) is 12.9. The third kappa shape index (κ3) is 6.78. The first-order chi connectivity index (χ1) is 9.28. The van der Waals surface area contributed by atoms with Crippen molar-refractivity contribution in [2.75, 3.05) is 0 Å². The van der Waals surface area contributed by atoms with Crippen LogP contribution in [0, 0.1) is 5.92 Å². The molecule has 0 aromatic carbocycles. The summed E-state index contributed by atoms with van der Waals surface area (Å²) in [6, 6.07) is 0.0650. The minimum Gasteiger partial charge on any atom is -0.481 e. The Morgan fingerprint density at radius 3 is 2.55 bits per heavy atom. The Hall–Kier alpha value is -1.26. The second kappa shape index (κ2) is 7.50. The number of carboxylic acid groups (broad SMARTS) is 1. The maximum absolute atomic E-state index is 12.0. The van der Waals surface area contributed by atoms with E-state index in [4.69, 9.17) is 5.11 Å². The van der Waals surface area contributed by atoms with Gasteiger partial charge in [0, 0.05) is 18.0 Å². The number of hydrogen-bond donors (Lipinski definition) is 3. The molecule has 20 heavy (non-hydrogen) atoms. The fourth-order valence-electron chi connectivity index (χ4n) is 2.64. The number of carbonyl (C=O) groups excluding carboxylic acids is 1. The second-order valence-corrected chi connectivity index (χ2v) is 6.69. The molecular weight excluding hydrogens is 256 g/mol. The predicted octanol–water partition coefficient (Wildman–Crippen LogP) is 2.90. The van der Waals surface area contributed by atoms with Gasteiger partial charge in [0.2, 0.25) is 0 Å². The van der Waals surface area contributed by atoms with Crippen LogP contribution in [0.5, 0.6) is 0 Å². The quantitative estimate of drug-likeness (QED) is 0.679. The largest absolute Gasteiger partial charge is 0.481 e. The predicted molar refractivity (Wildman–Crippen MR) is 78.7 cm³/mol. The lowest BCUT2D eigenvalue weighted by Gasteiger charge is -2.27.